The molecule has 0 bridgehead atoms. The minimum atomic E-state index is -10.3. The summed E-state index contributed by atoms with van der Waals surface area (Å²) >= 11 is -10.3. The number of hydrogen-bond donors (Lipinski definition) is 0. The van der Waals surface area contributed by atoms with E-state index < -0.39 is 217 Å². The fourth-order valence-electron chi connectivity index (χ4n) is 10.3. The Labute approximate surface area is 499 Å². The van der Waals surface area contributed by atoms with Gasteiger partial charge >= 0.3 is 13.5 Å². The summed E-state index contributed by atoms with van der Waals surface area (Å²) in [6.07, 6.45) is 26.3. The monoisotopic (exact) mass is 1370 g/mol. The molecular weight excluding hydrogens is 1350 g/mol. The molecule has 0 heterocycles. The van der Waals surface area contributed by atoms with E-state index in [1.807, 2.05) is 0 Å². The van der Waals surface area contributed by atoms with Crippen molar-refractivity contribution in [2.45, 2.75) is 13.8 Å². The first kappa shape index (κ1) is 69.2. The molecule has 0 N–H and O–H groups in total. The zero-order chi connectivity index (χ0) is 63.7. The number of halogens is 28. The van der Waals surface area contributed by atoms with Crippen LogP contribution in [0.2, 0.25) is 0 Å². The van der Waals surface area contributed by atoms with Gasteiger partial charge in [0, 0.05) is 55.8 Å². The second-order valence-corrected chi connectivity index (χ2v) is 22.2. The third-order valence-corrected chi connectivity index (χ3v) is 18.2. The number of benzene rings is 6. The molecule has 0 unspecified atom stereocenters. The van der Waals surface area contributed by atoms with Crippen LogP contribution in [0.4, 0.5) is 122 Å². The van der Waals surface area contributed by atoms with Crippen LogP contribution in [0.1, 0.15) is 13.8 Å². The van der Waals surface area contributed by atoms with Crippen LogP contribution in [0.5, 0.6) is 0 Å². The third-order valence-electron chi connectivity index (χ3n) is 14.2. The molecular formula is C58H21AlF28Zr-2. The Kier molecular flexibility index (Phi) is 19.5. The van der Waals surface area contributed by atoms with Crippen molar-refractivity contribution in [3.05, 3.63) is 274 Å². The van der Waals surface area contributed by atoms with Gasteiger partial charge in [0.2, 0.25) is 17.5 Å². The fraction of sp³-hybridized carbons (Fsp3) is 0.0517. The first-order valence-corrected chi connectivity index (χ1v) is 25.6. The summed E-state index contributed by atoms with van der Waals surface area (Å²) in [5.41, 5.74) is -21.8. The Hall–Kier alpha value is -6.26. The summed E-state index contributed by atoms with van der Waals surface area (Å²) in [5.74, 6) is -93.0. The van der Waals surface area contributed by atoms with E-state index in [4.69, 9.17) is 0 Å². The molecule has 0 atom stereocenters. The van der Waals surface area contributed by atoms with Gasteiger partial charge in [-0.3, -0.25) is 0 Å². The van der Waals surface area contributed by atoms with Gasteiger partial charge in [-0.2, -0.15) is 0 Å². The van der Waals surface area contributed by atoms with Crippen molar-refractivity contribution in [1.29, 1.82) is 0 Å². The topological polar surface area (TPSA) is 0 Å². The minimum Gasteiger partial charge on any atom is -0.581 e. The van der Waals surface area contributed by atoms with E-state index in [1.165, 1.54) is 35.5 Å². The van der Waals surface area contributed by atoms with Crippen molar-refractivity contribution in [2.24, 2.45) is 5.41 Å². The van der Waals surface area contributed by atoms with Crippen LogP contribution in [-0.2, 0) is 26.2 Å². The number of hydrogen-bond acceptors (Lipinski definition) is 0. The van der Waals surface area contributed by atoms with Crippen molar-refractivity contribution >= 4 is 26.8 Å². The molecule has 0 nitrogen and oxygen atoms in total. The Morgan fingerprint density at radius 3 is 0.670 bits per heavy atom. The second-order valence-electron chi connectivity index (χ2n) is 19.0. The fourth-order valence-corrected chi connectivity index (χ4v) is 14.6. The maximum absolute atomic E-state index is 19.3. The van der Waals surface area contributed by atoms with E-state index in [0.29, 0.717) is 0 Å². The van der Waals surface area contributed by atoms with Crippen LogP contribution in [-0.4, -0.2) is 13.5 Å². The van der Waals surface area contributed by atoms with Gasteiger partial charge in [0.1, 0.15) is 17.5 Å². The number of allylic oxidation sites excluding steroid dienone is 8. The standard InChI is InChI=1S/C21H18.3C12F9.CH3.Al.FH.Zr/c1-21(2,15-9-3-4-10-15)20-18-13-7-5-11-16(18)17-12-6-8-14-19(17)20;3*13-3-1-2(5(14)9(18)6(3)15)4-7(16)10(19)12(21)11(20)8(4)17;;;;/h3-14H,1-2H3;;;;1H3;;1H;/q;;;;-1;;;/p-1. The molecule has 6 aromatic rings. The molecule has 2 saturated carbocycles. The molecule has 30 heteroatoms. The van der Waals surface area contributed by atoms with Crippen molar-refractivity contribution < 1.29 is 148 Å². The maximum Gasteiger partial charge on any atom is 0.449 e. The summed E-state index contributed by atoms with van der Waals surface area (Å²) < 4.78 is 418. The zero-order valence-corrected chi connectivity index (χ0v) is 46.7. The van der Waals surface area contributed by atoms with E-state index in [2.05, 4.69) is 88.1 Å². The van der Waals surface area contributed by atoms with Crippen LogP contribution < -0.4 is 13.3 Å². The minimum absolute atomic E-state index is 0. The Balaban J connectivity index is 0.000000400. The van der Waals surface area contributed by atoms with E-state index in [-0.39, 0.29) is 39.0 Å². The van der Waals surface area contributed by atoms with Gasteiger partial charge < -0.3 is 11.0 Å². The molecule has 0 spiro atoms. The van der Waals surface area contributed by atoms with Gasteiger partial charge in [0.05, 0.1) is 16.7 Å². The average Bonchev–Trinajstić information content (AvgIpc) is 0.813. The van der Waals surface area contributed by atoms with Crippen LogP contribution >= 0.6 is 0 Å². The molecule has 0 saturated heterocycles. The predicted molar refractivity (Wildman–Crippen MR) is 254 cm³/mol. The van der Waals surface area contributed by atoms with E-state index in [9.17, 15) is 39.5 Å². The van der Waals surface area contributed by atoms with Crippen LogP contribution in [0.3, 0.4) is 0 Å². The summed E-state index contributed by atoms with van der Waals surface area (Å²) in [6.45, 7) is 4.66. The Morgan fingerprint density at radius 2 is 0.443 bits per heavy atom. The molecule has 4 aliphatic rings. The molecule has 2 fully saturated rings. The van der Waals surface area contributed by atoms with Crippen molar-refractivity contribution in [1.82, 2.24) is 0 Å². The van der Waals surface area contributed by atoms with Crippen LogP contribution in [0.25, 0.3) is 33.4 Å². The smallest absolute Gasteiger partial charge is 0.449 e. The van der Waals surface area contributed by atoms with Gasteiger partial charge in [-0.15, -0.1) is 13.3 Å². The maximum atomic E-state index is 19.3. The van der Waals surface area contributed by atoms with E-state index >= 15 is 82.6 Å². The number of fused-ring (bicyclic) bond motifs is 3. The predicted octanol–water partition coefficient (Wildman–Crippen LogP) is 16.4. The van der Waals surface area contributed by atoms with Crippen LogP contribution in [0, 0.1) is 231 Å². The quantitative estimate of drug-likeness (QED) is 0.0468. The van der Waals surface area contributed by atoms with Crippen molar-refractivity contribution in [3.8, 4) is 33.4 Å². The molecule has 4 aliphatic carbocycles. The van der Waals surface area contributed by atoms with Gasteiger partial charge in [0.25, 0.3) is 0 Å². The second kappa shape index (κ2) is 24.8. The molecule has 10 rings (SSSR count). The third kappa shape index (κ3) is 10.1. The molecule has 6 aromatic carbocycles. The molecule has 458 valence electrons. The van der Waals surface area contributed by atoms with Gasteiger partial charge in [0.15, 0.2) is 122 Å². The first-order chi connectivity index (χ1) is 40.1. The summed E-state index contributed by atoms with van der Waals surface area (Å²) in [6, 6.07) is 0. The summed E-state index contributed by atoms with van der Waals surface area (Å²) in [5, 5.41) is 0. The van der Waals surface area contributed by atoms with Gasteiger partial charge in [-0.05, 0) is 53.7 Å². The molecule has 0 aliphatic heterocycles. The molecule has 88 heavy (non-hydrogen) atoms. The SMILES string of the molecule is CC(C)([C]1[CH][CH][CH][CH]1)[C]1[C]2C=CC=C[C]2[C]2C=CC=C[C]21.Fc1c(F)c(F)c(-c2c(F)c(F)c(F)c(F)[c]2[Al-]([F])([c]2c(F)c(F)c(F)c(F)c2-c2c(F)c(F)c(F)c(F)c2F)[c]2c(F)c(F)c(F)c(F)c2-c2c(F)c(F)c(F)c(F)c2F)c(F)c1F.[CH3-].[Zr]. The first-order valence-electron chi connectivity index (χ1n) is 23.4. The van der Waals surface area contributed by atoms with Crippen molar-refractivity contribution in [3.63, 3.8) is 0 Å². The Bertz CT molecular complexity index is 3580. The van der Waals surface area contributed by atoms with Gasteiger partial charge in [-0.25, -0.2) is 119 Å². The van der Waals surface area contributed by atoms with Crippen molar-refractivity contribution in [2.75, 3.05) is 0 Å². The molecule has 0 aromatic heterocycles. The number of rotatable bonds is 8. The average molecular weight is 1370 g/mol. The summed E-state index contributed by atoms with van der Waals surface area (Å²) in [7, 11) is 0. The zero-order valence-electron chi connectivity index (χ0n) is 43.1. The van der Waals surface area contributed by atoms with Crippen LogP contribution in [0.15, 0.2) is 48.6 Å². The van der Waals surface area contributed by atoms with E-state index in [0.717, 1.165) is 0 Å². The largest absolute Gasteiger partial charge is 0.581 e. The Morgan fingerprint density at radius 1 is 0.261 bits per heavy atom. The summed E-state index contributed by atoms with van der Waals surface area (Å²) in [4.78, 5) is 0. The molecule has 0 amide bonds. The van der Waals surface area contributed by atoms with E-state index in [1.54, 1.807) is 0 Å². The normalized spacial score (nSPS) is 15.7. The molecule has 10 radical (unpaired) electrons. The van der Waals surface area contributed by atoms with Gasteiger partial charge in [-0.1, -0.05) is 62.5 Å².